The Morgan fingerprint density at radius 1 is 1.29 bits per heavy atom. The number of nitrogens with zero attached hydrogens (tertiary/aromatic N) is 3. The third-order valence-corrected chi connectivity index (χ3v) is 3.43. The highest BCUT2D eigenvalue weighted by atomic mass is 35.5. The predicted octanol–water partition coefficient (Wildman–Crippen LogP) is 3.32. The zero-order valence-corrected chi connectivity index (χ0v) is 12.7. The van der Waals surface area contributed by atoms with E-state index in [1.165, 1.54) is 0 Å². The van der Waals surface area contributed by atoms with Gasteiger partial charge in [0, 0.05) is 12.1 Å². The monoisotopic (exact) mass is 314 g/mol. The Labute approximate surface area is 127 Å². The smallest absolute Gasteiger partial charge is 0.142 e. The zero-order chi connectivity index (χ0) is 15.4. The van der Waals surface area contributed by atoms with Gasteiger partial charge in [0.1, 0.15) is 11.6 Å². The Balaban J connectivity index is 2.48. The molecule has 0 aliphatic heterocycles. The van der Waals surface area contributed by atoms with Crippen molar-refractivity contribution >= 4 is 11.6 Å². The van der Waals surface area contributed by atoms with Gasteiger partial charge in [0.15, 0.2) is 0 Å². The van der Waals surface area contributed by atoms with Crippen molar-refractivity contribution in [2.24, 2.45) is 0 Å². The van der Waals surface area contributed by atoms with Crippen molar-refractivity contribution in [1.82, 2.24) is 20.3 Å². The van der Waals surface area contributed by atoms with Gasteiger partial charge in [0.2, 0.25) is 0 Å². The minimum atomic E-state index is -0.648. The van der Waals surface area contributed by atoms with Gasteiger partial charge in [-0.15, -0.1) is 5.10 Å². The van der Waals surface area contributed by atoms with E-state index in [4.69, 9.17) is 11.6 Å². The quantitative estimate of drug-likeness (QED) is 0.832. The summed E-state index contributed by atoms with van der Waals surface area (Å²) in [6, 6.07) is 1.59. The van der Waals surface area contributed by atoms with Gasteiger partial charge in [-0.25, -0.2) is 13.5 Å². The van der Waals surface area contributed by atoms with Crippen LogP contribution in [0.15, 0.2) is 18.3 Å². The molecule has 0 spiro atoms. The second kappa shape index (κ2) is 6.95. The number of benzene rings is 1. The first-order valence-electron chi connectivity index (χ1n) is 6.84. The lowest BCUT2D eigenvalue weighted by Crippen LogP contribution is -2.26. The minimum absolute atomic E-state index is 0.193. The Hall–Kier alpha value is -1.53. The Kier molecular flexibility index (Phi) is 5.25. The van der Waals surface area contributed by atoms with Crippen LogP contribution >= 0.6 is 11.6 Å². The maximum absolute atomic E-state index is 14.2. The highest BCUT2D eigenvalue weighted by Gasteiger charge is 2.23. The molecule has 0 bridgehead atoms. The molecule has 0 aliphatic carbocycles. The summed E-state index contributed by atoms with van der Waals surface area (Å²) < 4.78 is 29.6. The van der Waals surface area contributed by atoms with E-state index in [-0.39, 0.29) is 10.6 Å². The first-order chi connectivity index (χ1) is 10.1. The second-order valence-electron chi connectivity index (χ2n) is 4.66. The first kappa shape index (κ1) is 15.9. The normalized spacial score (nSPS) is 12.6. The zero-order valence-electron chi connectivity index (χ0n) is 11.9. The summed E-state index contributed by atoms with van der Waals surface area (Å²) in [5.74, 6) is -1.21. The minimum Gasteiger partial charge on any atom is -0.305 e. The fraction of sp³-hybridized carbons (Fsp3) is 0.429. The SMILES string of the molecule is CCCn1nncc1C(NCC)c1cc(F)c(Cl)cc1F. The number of rotatable bonds is 6. The van der Waals surface area contributed by atoms with E-state index in [2.05, 4.69) is 15.6 Å². The Morgan fingerprint density at radius 2 is 2.05 bits per heavy atom. The van der Waals surface area contributed by atoms with Gasteiger partial charge < -0.3 is 5.32 Å². The summed E-state index contributed by atoms with van der Waals surface area (Å²) in [5, 5.41) is 10.8. The van der Waals surface area contributed by atoms with Gasteiger partial charge in [-0.05, 0) is 25.1 Å². The van der Waals surface area contributed by atoms with Crippen LogP contribution in [-0.4, -0.2) is 21.5 Å². The van der Waals surface area contributed by atoms with E-state index >= 15 is 0 Å². The summed E-state index contributed by atoms with van der Waals surface area (Å²) in [5.41, 5.74) is 0.887. The molecular formula is C14H17ClF2N4. The molecule has 0 fully saturated rings. The topological polar surface area (TPSA) is 42.7 Å². The van der Waals surface area contributed by atoms with E-state index in [0.29, 0.717) is 18.8 Å². The van der Waals surface area contributed by atoms with Crippen LogP contribution in [0.1, 0.15) is 37.6 Å². The molecule has 0 saturated carbocycles. The van der Waals surface area contributed by atoms with Crippen LogP contribution in [0.2, 0.25) is 5.02 Å². The number of hydrogen-bond acceptors (Lipinski definition) is 3. The van der Waals surface area contributed by atoms with Crippen LogP contribution in [0.25, 0.3) is 0 Å². The Bertz CT molecular complexity index is 615. The average Bonchev–Trinajstić information content (AvgIpc) is 2.89. The molecule has 2 rings (SSSR count). The van der Waals surface area contributed by atoms with Crippen molar-refractivity contribution in [2.45, 2.75) is 32.9 Å². The maximum atomic E-state index is 14.2. The molecule has 0 radical (unpaired) electrons. The second-order valence-corrected chi connectivity index (χ2v) is 5.07. The summed E-state index contributed by atoms with van der Waals surface area (Å²) in [4.78, 5) is 0. The van der Waals surface area contributed by atoms with Crippen molar-refractivity contribution < 1.29 is 8.78 Å². The molecule has 0 aliphatic rings. The molecule has 1 aromatic heterocycles. The van der Waals surface area contributed by atoms with Gasteiger partial charge in [-0.2, -0.15) is 0 Å². The maximum Gasteiger partial charge on any atom is 0.142 e. The van der Waals surface area contributed by atoms with Crippen LogP contribution in [0.5, 0.6) is 0 Å². The molecule has 7 heteroatoms. The predicted molar refractivity (Wildman–Crippen MR) is 77.2 cm³/mol. The molecule has 0 amide bonds. The number of aryl methyl sites for hydroxylation is 1. The number of aromatic nitrogens is 3. The number of halogens is 3. The van der Waals surface area contributed by atoms with Crippen LogP contribution in [0.3, 0.4) is 0 Å². The first-order valence-corrected chi connectivity index (χ1v) is 7.22. The van der Waals surface area contributed by atoms with Crippen molar-refractivity contribution in [2.75, 3.05) is 6.54 Å². The van der Waals surface area contributed by atoms with Crippen LogP contribution in [-0.2, 0) is 6.54 Å². The van der Waals surface area contributed by atoms with Crippen molar-refractivity contribution in [3.8, 4) is 0 Å². The Morgan fingerprint density at radius 3 is 2.71 bits per heavy atom. The summed E-state index contributed by atoms with van der Waals surface area (Å²) >= 11 is 5.61. The average molecular weight is 315 g/mol. The van der Waals surface area contributed by atoms with Crippen molar-refractivity contribution in [3.05, 3.63) is 46.2 Å². The largest absolute Gasteiger partial charge is 0.305 e. The highest BCUT2D eigenvalue weighted by molar-refractivity contribution is 6.30. The van der Waals surface area contributed by atoms with Crippen LogP contribution in [0, 0.1) is 11.6 Å². The fourth-order valence-electron chi connectivity index (χ4n) is 2.21. The molecule has 114 valence electrons. The highest BCUT2D eigenvalue weighted by Crippen LogP contribution is 2.28. The molecule has 1 aromatic carbocycles. The van der Waals surface area contributed by atoms with Crippen molar-refractivity contribution in [1.29, 1.82) is 0 Å². The summed E-state index contributed by atoms with van der Waals surface area (Å²) in [6.45, 7) is 5.15. The van der Waals surface area contributed by atoms with Gasteiger partial charge >= 0.3 is 0 Å². The van der Waals surface area contributed by atoms with Gasteiger partial charge in [-0.3, -0.25) is 0 Å². The molecule has 0 saturated heterocycles. The van der Waals surface area contributed by atoms with E-state index in [1.807, 2.05) is 13.8 Å². The van der Waals surface area contributed by atoms with E-state index < -0.39 is 17.7 Å². The van der Waals surface area contributed by atoms with Crippen LogP contribution < -0.4 is 5.32 Å². The van der Waals surface area contributed by atoms with E-state index in [0.717, 1.165) is 18.6 Å². The lowest BCUT2D eigenvalue weighted by molar-refractivity contribution is 0.492. The molecule has 4 nitrogen and oxygen atoms in total. The molecular weight excluding hydrogens is 298 g/mol. The summed E-state index contributed by atoms with van der Waals surface area (Å²) in [7, 11) is 0. The van der Waals surface area contributed by atoms with Crippen molar-refractivity contribution in [3.63, 3.8) is 0 Å². The van der Waals surface area contributed by atoms with Gasteiger partial charge in [-0.1, -0.05) is 30.7 Å². The number of hydrogen-bond donors (Lipinski definition) is 1. The van der Waals surface area contributed by atoms with E-state index in [9.17, 15) is 8.78 Å². The third kappa shape index (κ3) is 3.39. The molecule has 21 heavy (non-hydrogen) atoms. The lowest BCUT2D eigenvalue weighted by atomic mass is 10.0. The molecule has 2 aromatic rings. The third-order valence-electron chi connectivity index (χ3n) is 3.14. The molecule has 1 atom stereocenters. The van der Waals surface area contributed by atoms with E-state index in [1.54, 1.807) is 10.9 Å². The molecule has 1 heterocycles. The van der Waals surface area contributed by atoms with Gasteiger partial charge in [0.05, 0.1) is 23.0 Å². The molecule has 1 unspecified atom stereocenters. The van der Waals surface area contributed by atoms with Crippen LogP contribution in [0.4, 0.5) is 8.78 Å². The molecule has 1 N–H and O–H groups in total. The lowest BCUT2D eigenvalue weighted by Gasteiger charge is -2.20. The fourth-order valence-corrected chi connectivity index (χ4v) is 2.36. The van der Waals surface area contributed by atoms with Gasteiger partial charge in [0.25, 0.3) is 0 Å². The standard InChI is InChI=1S/C14H17ClF2N4/c1-3-5-21-13(8-19-20-21)14(18-4-2)9-6-12(17)10(15)7-11(9)16/h6-8,14,18H,3-5H2,1-2H3. The summed E-state index contributed by atoms with van der Waals surface area (Å²) in [6.07, 6.45) is 2.43. The number of nitrogens with one attached hydrogen (secondary N) is 1.